The SMILES string of the molecule is O=C(Oc1ccccc1)Oc1ccc(C(=O)O)c(O)c1. The Balaban J connectivity index is 2.05. The highest BCUT2D eigenvalue weighted by Crippen LogP contribution is 2.24. The van der Waals surface area contributed by atoms with Gasteiger partial charge in [-0.3, -0.25) is 0 Å². The molecule has 0 spiro atoms. The van der Waals surface area contributed by atoms with Crippen LogP contribution in [-0.2, 0) is 0 Å². The third-order valence-corrected chi connectivity index (χ3v) is 2.35. The summed E-state index contributed by atoms with van der Waals surface area (Å²) < 4.78 is 9.70. The summed E-state index contributed by atoms with van der Waals surface area (Å²) >= 11 is 0. The predicted octanol–water partition coefficient (Wildman–Crippen LogP) is 2.67. The second-order valence-corrected chi connectivity index (χ2v) is 3.75. The van der Waals surface area contributed by atoms with Crippen molar-refractivity contribution in [3.8, 4) is 17.2 Å². The molecule has 0 amide bonds. The molecule has 0 radical (unpaired) electrons. The molecule has 6 heteroatoms. The lowest BCUT2D eigenvalue weighted by atomic mass is 10.2. The summed E-state index contributed by atoms with van der Waals surface area (Å²) in [5, 5.41) is 18.2. The van der Waals surface area contributed by atoms with Crippen LogP contribution in [0.3, 0.4) is 0 Å². The van der Waals surface area contributed by atoms with Crippen molar-refractivity contribution < 1.29 is 29.3 Å². The molecule has 102 valence electrons. The maximum absolute atomic E-state index is 11.5. The molecule has 6 nitrogen and oxygen atoms in total. The van der Waals surface area contributed by atoms with Crippen LogP contribution < -0.4 is 9.47 Å². The molecule has 0 bridgehead atoms. The number of aromatic hydroxyl groups is 1. The zero-order chi connectivity index (χ0) is 14.5. The summed E-state index contributed by atoms with van der Waals surface area (Å²) in [6.45, 7) is 0. The van der Waals surface area contributed by atoms with Crippen LogP contribution in [0.1, 0.15) is 10.4 Å². The van der Waals surface area contributed by atoms with Gasteiger partial charge in [0.25, 0.3) is 0 Å². The Hall–Kier alpha value is -3.02. The Bertz CT molecular complexity index is 635. The van der Waals surface area contributed by atoms with Crippen molar-refractivity contribution in [3.63, 3.8) is 0 Å². The Morgan fingerprint density at radius 1 is 0.900 bits per heavy atom. The topological polar surface area (TPSA) is 93.1 Å². The minimum absolute atomic E-state index is 0.0200. The molecule has 0 aliphatic carbocycles. The highest BCUT2D eigenvalue weighted by molar-refractivity contribution is 5.91. The van der Waals surface area contributed by atoms with Gasteiger partial charge in [0, 0.05) is 6.07 Å². The first-order valence-electron chi connectivity index (χ1n) is 5.57. The van der Waals surface area contributed by atoms with Crippen LogP contribution in [0.4, 0.5) is 4.79 Å². The van der Waals surface area contributed by atoms with E-state index in [9.17, 15) is 14.7 Å². The number of phenols is 1. The first kappa shape index (κ1) is 13.4. The third-order valence-electron chi connectivity index (χ3n) is 2.35. The molecule has 0 heterocycles. The number of aromatic carboxylic acids is 1. The van der Waals surface area contributed by atoms with E-state index in [0.29, 0.717) is 5.75 Å². The van der Waals surface area contributed by atoms with Gasteiger partial charge in [-0.2, -0.15) is 0 Å². The van der Waals surface area contributed by atoms with Crippen molar-refractivity contribution in [3.05, 3.63) is 54.1 Å². The largest absolute Gasteiger partial charge is 0.519 e. The van der Waals surface area contributed by atoms with Crippen molar-refractivity contribution in [2.75, 3.05) is 0 Å². The molecule has 0 aromatic heterocycles. The van der Waals surface area contributed by atoms with Gasteiger partial charge < -0.3 is 19.7 Å². The van der Waals surface area contributed by atoms with E-state index in [2.05, 4.69) is 0 Å². The number of para-hydroxylation sites is 1. The molecule has 0 saturated heterocycles. The number of rotatable bonds is 3. The number of hydrogen-bond acceptors (Lipinski definition) is 5. The van der Waals surface area contributed by atoms with Crippen molar-refractivity contribution in [2.24, 2.45) is 0 Å². The van der Waals surface area contributed by atoms with E-state index in [1.54, 1.807) is 30.3 Å². The molecule has 2 rings (SSSR count). The number of hydrogen-bond donors (Lipinski definition) is 2. The quantitative estimate of drug-likeness (QED) is 0.660. The highest BCUT2D eigenvalue weighted by atomic mass is 16.7. The van der Waals surface area contributed by atoms with Gasteiger partial charge in [0.1, 0.15) is 22.8 Å². The van der Waals surface area contributed by atoms with Gasteiger partial charge in [-0.1, -0.05) is 18.2 Å². The standard InChI is InChI=1S/C14H10O6/c15-12-8-10(6-7-11(12)13(16)17)20-14(18)19-9-4-2-1-3-5-9/h1-8,15H,(H,16,17). The monoisotopic (exact) mass is 274 g/mol. The lowest BCUT2D eigenvalue weighted by Gasteiger charge is -2.06. The normalized spacial score (nSPS) is 9.80. The molecule has 0 aliphatic rings. The van der Waals surface area contributed by atoms with E-state index in [-0.39, 0.29) is 11.3 Å². The first-order valence-corrected chi connectivity index (χ1v) is 5.57. The zero-order valence-electron chi connectivity index (χ0n) is 10.1. The van der Waals surface area contributed by atoms with E-state index >= 15 is 0 Å². The van der Waals surface area contributed by atoms with E-state index in [4.69, 9.17) is 14.6 Å². The fourth-order valence-electron chi connectivity index (χ4n) is 1.46. The Labute approximate surface area is 113 Å². The zero-order valence-corrected chi connectivity index (χ0v) is 10.1. The number of benzene rings is 2. The van der Waals surface area contributed by atoms with Crippen LogP contribution >= 0.6 is 0 Å². The van der Waals surface area contributed by atoms with Gasteiger partial charge in [0.05, 0.1) is 0 Å². The molecule has 0 atom stereocenters. The summed E-state index contributed by atoms with van der Waals surface area (Å²) in [6.07, 6.45) is -0.987. The number of carboxylic acid groups (broad SMARTS) is 1. The van der Waals surface area contributed by atoms with Gasteiger partial charge >= 0.3 is 12.1 Å². The lowest BCUT2D eigenvalue weighted by molar-refractivity contribution is 0.0693. The van der Waals surface area contributed by atoms with E-state index in [1.165, 1.54) is 6.07 Å². The fraction of sp³-hybridized carbons (Fsp3) is 0. The molecular formula is C14H10O6. The number of carboxylic acids is 1. The summed E-state index contributed by atoms with van der Waals surface area (Å²) in [5.74, 6) is -1.49. The van der Waals surface area contributed by atoms with Crippen molar-refractivity contribution in [2.45, 2.75) is 0 Å². The molecule has 0 fully saturated rings. The number of ether oxygens (including phenoxy) is 2. The maximum Gasteiger partial charge on any atom is 0.519 e. The van der Waals surface area contributed by atoms with Crippen LogP contribution in [0.25, 0.3) is 0 Å². The van der Waals surface area contributed by atoms with Gasteiger partial charge in [-0.05, 0) is 24.3 Å². The van der Waals surface area contributed by atoms with Gasteiger partial charge in [0.2, 0.25) is 0 Å². The minimum atomic E-state index is -1.28. The third kappa shape index (κ3) is 3.26. The summed E-state index contributed by atoms with van der Waals surface area (Å²) in [6, 6.07) is 11.7. The molecule has 20 heavy (non-hydrogen) atoms. The fourth-order valence-corrected chi connectivity index (χ4v) is 1.46. The predicted molar refractivity (Wildman–Crippen MR) is 68.2 cm³/mol. The number of carbonyl (C=O) groups is 2. The second kappa shape index (κ2) is 5.75. The van der Waals surface area contributed by atoms with E-state index < -0.39 is 17.9 Å². The Morgan fingerprint density at radius 2 is 1.55 bits per heavy atom. The van der Waals surface area contributed by atoms with Gasteiger partial charge in [-0.15, -0.1) is 0 Å². The van der Waals surface area contributed by atoms with Crippen molar-refractivity contribution >= 4 is 12.1 Å². The van der Waals surface area contributed by atoms with E-state index in [1.807, 2.05) is 0 Å². The molecule has 0 saturated carbocycles. The minimum Gasteiger partial charge on any atom is -0.507 e. The van der Waals surface area contributed by atoms with Crippen molar-refractivity contribution in [1.82, 2.24) is 0 Å². The number of carbonyl (C=O) groups excluding carboxylic acids is 1. The van der Waals surface area contributed by atoms with Crippen LogP contribution in [-0.4, -0.2) is 22.3 Å². The van der Waals surface area contributed by atoms with Crippen LogP contribution in [0.2, 0.25) is 0 Å². The smallest absolute Gasteiger partial charge is 0.507 e. The average molecular weight is 274 g/mol. The molecule has 2 N–H and O–H groups in total. The highest BCUT2D eigenvalue weighted by Gasteiger charge is 2.13. The molecule has 0 aliphatic heterocycles. The van der Waals surface area contributed by atoms with Crippen LogP contribution in [0, 0.1) is 0 Å². The van der Waals surface area contributed by atoms with Gasteiger partial charge in [0.15, 0.2) is 0 Å². The summed E-state index contributed by atoms with van der Waals surface area (Å²) in [7, 11) is 0. The van der Waals surface area contributed by atoms with Crippen LogP contribution in [0.15, 0.2) is 48.5 Å². The Morgan fingerprint density at radius 3 is 2.15 bits per heavy atom. The van der Waals surface area contributed by atoms with Crippen LogP contribution in [0.5, 0.6) is 17.2 Å². The first-order chi connectivity index (χ1) is 9.56. The van der Waals surface area contributed by atoms with Gasteiger partial charge in [-0.25, -0.2) is 9.59 Å². The molecule has 2 aromatic rings. The Kier molecular flexibility index (Phi) is 3.85. The molecule has 2 aromatic carbocycles. The summed E-state index contributed by atoms with van der Waals surface area (Å²) in [5.41, 5.74) is -0.284. The second-order valence-electron chi connectivity index (χ2n) is 3.75. The van der Waals surface area contributed by atoms with E-state index in [0.717, 1.165) is 12.1 Å². The molecular weight excluding hydrogens is 264 g/mol. The summed E-state index contributed by atoms with van der Waals surface area (Å²) in [4.78, 5) is 22.2. The van der Waals surface area contributed by atoms with Crippen molar-refractivity contribution in [1.29, 1.82) is 0 Å². The lowest BCUT2D eigenvalue weighted by Crippen LogP contribution is -2.13. The maximum atomic E-state index is 11.5. The molecule has 0 unspecified atom stereocenters. The average Bonchev–Trinajstić information content (AvgIpc) is 2.39.